The number of thiophene rings is 1. The van der Waals surface area contributed by atoms with E-state index in [0.717, 1.165) is 29.8 Å². The highest BCUT2D eigenvalue weighted by molar-refractivity contribution is 7.15. The molecule has 1 atom stereocenters. The molecule has 38 heavy (non-hydrogen) atoms. The van der Waals surface area contributed by atoms with E-state index in [1.807, 2.05) is 46.6 Å². The number of nitrogens with one attached hydrogen (secondary N) is 1. The Morgan fingerprint density at radius 2 is 1.74 bits per heavy atom. The third kappa shape index (κ3) is 4.19. The normalized spacial score (nSPS) is 16.1. The second-order valence-electron chi connectivity index (χ2n) is 9.60. The molecule has 1 aliphatic heterocycles. The first-order valence-electron chi connectivity index (χ1n) is 12.9. The maximum absolute atomic E-state index is 14.2. The van der Waals surface area contributed by atoms with Crippen molar-refractivity contribution in [3.8, 4) is 22.2 Å². The van der Waals surface area contributed by atoms with Crippen molar-refractivity contribution >= 4 is 23.1 Å². The summed E-state index contributed by atoms with van der Waals surface area (Å²) in [6.07, 6.45) is 6.70. The van der Waals surface area contributed by atoms with Crippen LogP contribution in [0, 0.1) is 0 Å². The molecule has 2 aromatic carbocycles. The second kappa shape index (κ2) is 10.1. The van der Waals surface area contributed by atoms with Crippen molar-refractivity contribution in [2.75, 3.05) is 26.6 Å². The van der Waals surface area contributed by atoms with Gasteiger partial charge in [0.25, 0.3) is 0 Å². The summed E-state index contributed by atoms with van der Waals surface area (Å²) in [5, 5.41) is 4.36. The quantitative estimate of drug-likeness (QED) is 0.317. The van der Waals surface area contributed by atoms with Crippen LogP contribution in [0.5, 0.6) is 17.2 Å². The van der Waals surface area contributed by atoms with Crippen molar-refractivity contribution in [3.63, 3.8) is 0 Å². The van der Waals surface area contributed by atoms with Gasteiger partial charge in [0.15, 0.2) is 0 Å². The number of rotatable bonds is 5. The van der Waals surface area contributed by atoms with Gasteiger partial charge in [0.05, 0.1) is 45.3 Å². The molecule has 0 fully saturated rings. The molecule has 0 radical (unpaired) electrons. The number of aromatic nitrogens is 1. The van der Waals surface area contributed by atoms with E-state index in [4.69, 9.17) is 14.2 Å². The van der Waals surface area contributed by atoms with Crippen LogP contribution in [-0.2, 0) is 19.4 Å². The van der Waals surface area contributed by atoms with E-state index in [1.165, 1.54) is 33.8 Å². The molecule has 0 saturated carbocycles. The van der Waals surface area contributed by atoms with Crippen LogP contribution in [0.25, 0.3) is 5.00 Å². The van der Waals surface area contributed by atoms with E-state index in [0.29, 0.717) is 23.7 Å². The summed E-state index contributed by atoms with van der Waals surface area (Å²) in [6, 6.07) is 17.1. The first-order valence-corrected chi connectivity index (χ1v) is 13.7. The van der Waals surface area contributed by atoms with Crippen molar-refractivity contribution in [2.24, 2.45) is 0 Å². The Morgan fingerprint density at radius 3 is 2.55 bits per heavy atom. The second-order valence-corrected chi connectivity index (χ2v) is 10.7. The molecule has 196 valence electrons. The third-order valence-corrected chi connectivity index (χ3v) is 8.83. The van der Waals surface area contributed by atoms with Gasteiger partial charge in [-0.3, -0.25) is 0 Å². The lowest BCUT2D eigenvalue weighted by molar-refractivity contribution is 0.194. The third-order valence-electron chi connectivity index (χ3n) is 7.50. The molecule has 3 heterocycles. The Hall–Kier alpha value is -3.91. The van der Waals surface area contributed by atoms with Gasteiger partial charge in [-0.15, -0.1) is 11.3 Å². The molecule has 8 heteroatoms. The molecule has 2 aromatic heterocycles. The number of carbonyl (C=O) groups is 1. The standard InChI is InChI=1S/C30H31N3O4S/c1-35-20-9-6-8-19(16-20)28-25-11-7-15-32(25)29-23(22-10-4-5-12-27(22)38-29)18-33(28)30(34)31-24-14-13-21(36-2)17-26(24)37-3/h6-9,11,13-17,28H,4-5,10,12,18H2,1-3H3,(H,31,34). The lowest BCUT2D eigenvalue weighted by atomic mass is 9.95. The van der Waals surface area contributed by atoms with Crippen LogP contribution in [0.1, 0.15) is 46.1 Å². The fraction of sp³-hybridized carbons (Fsp3) is 0.300. The van der Waals surface area contributed by atoms with E-state index in [9.17, 15) is 4.79 Å². The highest BCUT2D eigenvalue weighted by Crippen LogP contribution is 2.44. The smallest absolute Gasteiger partial charge is 0.323 e. The maximum atomic E-state index is 14.2. The minimum absolute atomic E-state index is 0.197. The van der Waals surface area contributed by atoms with Gasteiger partial charge in [-0.25, -0.2) is 4.79 Å². The van der Waals surface area contributed by atoms with Gasteiger partial charge >= 0.3 is 6.03 Å². The summed E-state index contributed by atoms with van der Waals surface area (Å²) in [5.41, 5.74) is 5.30. The van der Waals surface area contributed by atoms with Crippen molar-refractivity contribution in [1.29, 1.82) is 0 Å². The fourth-order valence-corrected chi connectivity index (χ4v) is 7.04. The molecule has 0 spiro atoms. The van der Waals surface area contributed by atoms with Crippen LogP contribution in [0.2, 0.25) is 0 Å². The molecule has 0 bridgehead atoms. The highest BCUT2D eigenvalue weighted by atomic mass is 32.1. The lowest BCUT2D eigenvalue weighted by Crippen LogP contribution is -2.38. The predicted molar refractivity (Wildman–Crippen MR) is 149 cm³/mol. The van der Waals surface area contributed by atoms with Crippen LogP contribution >= 0.6 is 11.3 Å². The zero-order valence-electron chi connectivity index (χ0n) is 21.8. The van der Waals surface area contributed by atoms with Crippen LogP contribution in [0.4, 0.5) is 10.5 Å². The summed E-state index contributed by atoms with van der Waals surface area (Å²) in [4.78, 5) is 17.6. The lowest BCUT2D eigenvalue weighted by Gasteiger charge is -2.31. The van der Waals surface area contributed by atoms with Gasteiger partial charge < -0.3 is 29.0 Å². The van der Waals surface area contributed by atoms with Crippen molar-refractivity contribution in [2.45, 2.75) is 38.3 Å². The minimum atomic E-state index is -0.316. The average molecular weight is 530 g/mol. The van der Waals surface area contributed by atoms with Crippen LogP contribution < -0.4 is 19.5 Å². The number of ether oxygens (including phenoxy) is 3. The van der Waals surface area contributed by atoms with Crippen molar-refractivity contribution in [1.82, 2.24) is 9.47 Å². The number of carbonyl (C=O) groups excluding carboxylic acids is 1. The van der Waals surface area contributed by atoms with Gasteiger partial charge in [-0.2, -0.15) is 0 Å². The molecule has 2 amide bonds. The Balaban J connectivity index is 1.48. The van der Waals surface area contributed by atoms with Crippen LogP contribution in [0.15, 0.2) is 60.8 Å². The van der Waals surface area contributed by atoms with Gasteiger partial charge in [0, 0.05) is 22.7 Å². The molecule has 1 N–H and O–H groups in total. The van der Waals surface area contributed by atoms with Gasteiger partial charge in [0.1, 0.15) is 22.2 Å². The molecule has 7 nitrogen and oxygen atoms in total. The SMILES string of the molecule is COc1cccc(C2c3cccn3-c3sc4c(c3CN2C(=O)Nc2ccc(OC)cc2OC)CCCC4)c1. The number of hydrogen-bond donors (Lipinski definition) is 1. The largest absolute Gasteiger partial charge is 0.497 e. The first-order chi connectivity index (χ1) is 18.6. The first kappa shape index (κ1) is 24.4. The minimum Gasteiger partial charge on any atom is -0.497 e. The molecular formula is C30H31N3O4S. The molecule has 2 aliphatic rings. The number of fused-ring (bicyclic) bond motifs is 5. The summed E-state index contributed by atoms with van der Waals surface area (Å²) in [6.45, 7) is 0.509. The van der Waals surface area contributed by atoms with Crippen molar-refractivity contribution in [3.05, 3.63) is 88.1 Å². The van der Waals surface area contributed by atoms with E-state index >= 15 is 0 Å². The zero-order valence-corrected chi connectivity index (χ0v) is 22.6. The monoisotopic (exact) mass is 529 g/mol. The number of amides is 2. The molecule has 4 aromatic rings. The van der Waals surface area contributed by atoms with E-state index in [1.54, 1.807) is 27.4 Å². The maximum Gasteiger partial charge on any atom is 0.323 e. The van der Waals surface area contributed by atoms with Crippen molar-refractivity contribution < 1.29 is 19.0 Å². The summed E-state index contributed by atoms with van der Waals surface area (Å²) in [7, 11) is 4.86. The summed E-state index contributed by atoms with van der Waals surface area (Å²) < 4.78 is 18.8. The zero-order chi connectivity index (χ0) is 26.2. The Bertz CT molecular complexity index is 1490. The van der Waals surface area contributed by atoms with Crippen LogP contribution in [-0.4, -0.2) is 36.8 Å². The summed E-state index contributed by atoms with van der Waals surface area (Å²) >= 11 is 1.88. The molecular weight excluding hydrogens is 498 g/mol. The van der Waals surface area contributed by atoms with E-state index in [-0.39, 0.29) is 12.1 Å². The molecule has 0 saturated heterocycles. The number of hydrogen-bond acceptors (Lipinski definition) is 5. The molecule has 6 rings (SSSR count). The number of benzene rings is 2. The number of methoxy groups -OCH3 is 3. The Kier molecular flexibility index (Phi) is 6.49. The fourth-order valence-electron chi connectivity index (χ4n) is 5.64. The average Bonchev–Trinajstić information content (AvgIpc) is 3.55. The predicted octanol–water partition coefficient (Wildman–Crippen LogP) is 6.58. The Labute approximate surface area is 226 Å². The Morgan fingerprint density at radius 1 is 0.921 bits per heavy atom. The van der Waals surface area contributed by atoms with Gasteiger partial charge in [-0.1, -0.05) is 12.1 Å². The topological polar surface area (TPSA) is 65.0 Å². The van der Waals surface area contributed by atoms with E-state index < -0.39 is 0 Å². The number of aryl methyl sites for hydroxylation is 1. The number of anilines is 1. The van der Waals surface area contributed by atoms with Crippen LogP contribution in [0.3, 0.4) is 0 Å². The molecule has 1 unspecified atom stereocenters. The highest BCUT2D eigenvalue weighted by Gasteiger charge is 2.36. The summed E-state index contributed by atoms with van der Waals surface area (Å²) in [5.74, 6) is 1.97. The number of urea groups is 1. The van der Waals surface area contributed by atoms with Gasteiger partial charge in [-0.05, 0) is 73.2 Å². The van der Waals surface area contributed by atoms with E-state index in [2.05, 4.69) is 34.3 Å². The number of nitrogens with zero attached hydrogens (tertiary/aromatic N) is 2. The van der Waals surface area contributed by atoms with Gasteiger partial charge in [0.2, 0.25) is 0 Å². The molecule has 1 aliphatic carbocycles.